The first-order valence-electron chi connectivity index (χ1n) is 9.13. The number of hydrogen-bond acceptors (Lipinski definition) is 5. The second kappa shape index (κ2) is 8.32. The number of nitrogens with one attached hydrogen (secondary N) is 1. The number of carbonyl (C=O) groups excluding carboxylic acids is 1. The number of carbonyl (C=O) groups is 1. The van der Waals surface area contributed by atoms with Gasteiger partial charge >= 0.3 is 6.18 Å². The normalized spacial score (nSPS) is 16.4. The summed E-state index contributed by atoms with van der Waals surface area (Å²) in [4.78, 5) is 18.0. The Morgan fingerprint density at radius 2 is 1.63 bits per heavy atom. The van der Waals surface area contributed by atoms with Crippen LogP contribution in [0.5, 0.6) is 0 Å². The Morgan fingerprint density at radius 3 is 2.17 bits per heavy atom. The number of likely N-dealkylation sites (N-methyl/N-ethyl adjacent to an activating group) is 1. The van der Waals surface area contributed by atoms with Crippen LogP contribution in [0.1, 0.15) is 21.7 Å². The van der Waals surface area contributed by atoms with Crippen molar-refractivity contribution in [3.8, 4) is 0 Å². The average Bonchev–Trinajstić information content (AvgIpc) is 2.68. The molecule has 0 radical (unpaired) electrons. The lowest BCUT2D eigenvalue weighted by Gasteiger charge is -2.31. The Kier molecular flexibility index (Phi) is 6.16. The van der Waals surface area contributed by atoms with Crippen LogP contribution in [0, 0.1) is 6.92 Å². The predicted octanol–water partition coefficient (Wildman–Crippen LogP) is 2.60. The highest BCUT2D eigenvalue weighted by Gasteiger charge is 2.33. The van der Waals surface area contributed by atoms with Gasteiger partial charge < -0.3 is 10.2 Å². The van der Waals surface area contributed by atoms with Crippen molar-refractivity contribution in [1.82, 2.24) is 14.2 Å². The topological polar surface area (TPSA) is 82.6 Å². The SMILES string of the molecule is Cc1nc(C(F)(F)F)ccc1C(=O)Nc1ccc(S(=O)(=O)N2CCN(C)CC2)cc1. The zero-order valence-electron chi connectivity index (χ0n) is 16.4. The molecule has 1 aromatic heterocycles. The second-order valence-corrected chi connectivity index (χ2v) is 8.95. The van der Waals surface area contributed by atoms with Gasteiger partial charge in [0.15, 0.2) is 0 Å². The first-order valence-corrected chi connectivity index (χ1v) is 10.6. The Bertz CT molecular complexity index is 1030. The van der Waals surface area contributed by atoms with E-state index in [4.69, 9.17) is 0 Å². The molecule has 1 aliphatic heterocycles. The molecule has 1 saturated heterocycles. The number of benzene rings is 1. The maximum atomic E-state index is 12.7. The minimum absolute atomic E-state index is 0.00265. The van der Waals surface area contributed by atoms with Crippen molar-refractivity contribution in [3.63, 3.8) is 0 Å². The minimum atomic E-state index is -4.59. The van der Waals surface area contributed by atoms with Gasteiger partial charge in [0.25, 0.3) is 5.91 Å². The van der Waals surface area contributed by atoms with Crippen LogP contribution in [-0.2, 0) is 16.2 Å². The van der Waals surface area contributed by atoms with Crippen LogP contribution in [0.25, 0.3) is 0 Å². The third-order valence-electron chi connectivity index (χ3n) is 4.83. The lowest BCUT2D eigenvalue weighted by Crippen LogP contribution is -2.46. The molecule has 3 rings (SSSR count). The highest BCUT2D eigenvalue weighted by Crippen LogP contribution is 2.28. The summed E-state index contributed by atoms with van der Waals surface area (Å²) >= 11 is 0. The van der Waals surface area contributed by atoms with Crippen molar-refractivity contribution >= 4 is 21.6 Å². The standard InChI is InChI=1S/C19H21F3N4O3S/c1-13-16(7-8-17(23-13)19(20,21)22)18(27)24-14-3-5-15(6-4-14)30(28,29)26-11-9-25(2)10-12-26/h3-8H,9-12H2,1-2H3,(H,24,27). The molecule has 162 valence electrons. The molecule has 0 bridgehead atoms. The van der Waals surface area contributed by atoms with Gasteiger partial charge in [-0.1, -0.05) is 0 Å². The first-order chi connectivity index (χ1) is 14.0. The van der Waals surface area contributed by atoms with Gasteiger partial charge in [-0.2, -0.15) is 17.5 Å². The van der Waals surface area contributed by atoms with E-state index in [2.05, 4.69) is 10.3 Å². The van der Waals surface area contributed by atoms with Gasteiger partial charge in [0.05, 0.1) is 16.2 Å². The zero-order chi connectivity index (χ0) is 22.1. The van der Waals surface area contributed by atoms with Crippen LogP contribution in [0.4, 0.5) is 18.9 Å². The van der Waals surface area contributed by atoms with E-state index in [9.17, 15) is 26.4 Å². The quantitative estimate of drug-likeness (QED) is 0.787. The number of pyridine rings is 1. The lowest BCUT2D eigenvalue weighted by atomic mass is 10.1. The number of rotatable bonds is 4. The van der Waals surface area contributed by atoms with Crippen molar-refractivity contribution in [2.75, 3.05) is 38.5 Å². The van der Waals surface area contributed by atoms with Gasteiger partial charge in [-0.3, -0.25) is 4.79 Å². The summed E-state index contributed by atoms with van der Waals surface area (Å²) < 4.78 is 65.0. The fourth-order valence-electron chi connectivity index (χ4n) is 3.05. The Labute approximate surface area is 172 Å². The number of piperazine rings is 1. The first kappa shape index (κ1) is 22.2. The van der Waals surface area contributed by atoms with Crippen molar-refractivity contribution in [2.24, 2.45) is 0 Å². The molecule has 1 amide bonds. The minimum Gasteiger partial charge on any atom is -0.322 e. The average molecular weight is 442 g/mol. The van der Waals surface area contributed by atoms with Crippen LogP contribution in [0.2, 0.25) is 0 Å². The van der Waals surface area contributed by atoms with E-state index >= 15 is 0 Å². The van der Waals surface area contributed by atoms with Gasteiger partial charge in [0.1, 0.15) is 5.69 Å². The van der Waals surface area contributed by atoms with Crippen LogP contribution in [0.15, 0.2) is 41.3 Å². The number of aromatic nitrogens is 1. The number of halogens is 3. The lowest BCUT2D eigenvalue weighted by molar-refractivity contribution is -0.141. The molecule has 1 aromatic carbocycles. The molecule has 30 heavy (non-hydrogen) atoms. The molecule has 0 unspecified atom stereocenters. The van der Waals surface area contributed by atoms with E-state index < -0.39 is 27.8 Å². The molecule has 0 saturated carbocycles. The highest BCUT2D eigenvalue weighted by atomic mass is 32.2. The van der Waals surface area contributed by atoms with E-state index in [-0.39, 0.29) is 16.2 Å². The molecule has 1 aliphatic rings. The van der Waals surface area contributed by atoms with Gasteiger partial charge in [0.2, 0.25) is 10.0 Å². The summed E-state index contributed by atoms with van der Waals surface area (Å²) in [6, 6.07) is 7.46. The Balaban J connectivity index is 1.72. The molecule has 7 nitrogen and oxygen atoms in total. The second-order valence-electron chi connectivity index (χ2n) is 7.01. The van der Waals surface area contributed by atoms with Crippen LogP contribution >= 0.6 is 0 Å². The largest absolute Gasteiger partial charge is 0.433 e. The predicted molar refractivity (Wildman–Crippen MR) is 105 cm³/mol. The summed E-state index contributed by atoms with van der Waals surface area (Å²) in [5, 5.41) is 2.55. The number of nitrogens with zero attached hydrogens (tertiary/aromatic N) is 3. The smallest absolute Gasteiger partial charge is 0.322 e. The number of alkyl halides is 3. The number of anilines is 1. The number of amides is 1. The van der Waals surface area contributed by atoms with E-state index in [1.165, 1.54) is 35.5 Å². The molecule has 0 atom stereocenters. The van der Waals surface area contributed by atoms with Gasteiger partial charge in [0, 0.05) is 31.9 Å². The van der Waals surface area contributed by atoms with Gasteiger partial charge in [-0.15, -0.1) is 0 Å². The molecule has 0 aliphatic carbocycles. The fraction of sp³-hybridized carbons (Fsp3) is 0.368. The fourth-order valence-corrected chi connectivity index (χ4v) is 4.47. The molecule has 0 spiro atoms. The van der Waals surface area contributed by atoms with E-state index in [0.29, 0.717) is 31.9 Å². The van der Waals surface area contributed by atoms with Crippen molar-refractivity contribution in [2.45, 2.75) is 18.0 Å². The molecule has 11 heteroatoms. The molecular formula is C19H21F3N4O3S. The molecule has 1 N–H and O–H groups in total. The number of sulfonamides is 1. The van der Waals surface area contributed by atoms with Crippen molar-refractivity contribution in [3.05, 3.63) is 53.3 Å². The maximum absolute atomic E-state index is 12.7. The number of aryl methyl sites for hydroxylation is 1. The number of hydrogen-bond donors (Lipinski definition) is 1. The molecule has 1 fully saturated rings. The Morgan fingerprint density at radius 1 is 1.03 bits per heavy atom. The van der Waals surface area contributed by atoms with Crippen LogP contribution in [0.3, 0.4) is 0 Å². The van der Waals surface area contributed by atoms with Gasteiger partial charge in [-0.25, -0.2) is 13.4 Å². The van der Waals surface area contributed by atoms with E-state index in [1.807, 2.05) is 11.9 Å². The molecule has 2 aromatic rings. The summed E-state index contributed by atoms with van der Waals surface area (Å²) in [6.07, 6.45) is -4.59. The summed E-state index contributed by atoms with van der Waals surface area (Å²) in [5.41, 5.74) is -0.819. The third kappa shape index (κ3) is 4.79. The monoisotopic (exact) mass is 442 g/mol. The third-order valence-corrected chi connectivity index (χ3v) is 6.75. The van der Waals surface area contributed by atoms with Crippen LogP contribution < -0.4 is 5.32 Å². The molecule has 2 heterocycles. The highest BCUT2D eigenvalue weighted by molar-refractivity contribution is 7.89. The van der Waals surface area contributed by atoms with Crippen molar-refractivity contribution < 1.29 is 26.4 Å². The van der Waals surface area contributed by atoms with Crippen molar-refractivity contribution in [1.29, 1.82) is 0 Å². The van der Waals surface area contributed by atoms with E-state index in [1.54, 1.807) is 0 Å². The summed E-state index contributed by atoms with van der Waals surface area (Å²) in [5.74, 6) is -0.636. The maximum Gasteiger partial charge on any atom is 0.433 e. The van der Waals surface area contributed by atoms with E-state index in [0.717, 1.165) is 12.1 Å². The molecular weight excluding hydrogens is 421 g/mol. The summed E-state index contributed by atoms with van der Waals surface area (Å²) in [6.45, 7) is 3.41. The van der Waals surface area contributed by atoms with Gasteiger partial charge in [-0.05, 0) is 50.4 Å². The summed E-state index contributed by atoms with van der Waals surface area (Å²) in [7, 11) is -1.70. The zero-order valence-corrected chi connectivity index (χ0v) is 17.2. The Hall–Kier alpha value is -2.50. The van der Waals surface area contributed by atoms with Crippen LogP contribution in [-0.4, -0.2) is 61.7 Å².